The van der Waals surface area contributed by atoms with Gasteiger partial charge in [0.25, 0.3) is 0 Å². The smallest absolute Gasteiger partial charge is 0.201 e. The van der Waals surface area contributed by atoms with Crippen molar-refractivity contribution >= 4 is 22.5 Å². The molecule has 4 rings (SSSR count). The molecule has 3 aromatic carbocycles. The fourth-order valence-electron chi connectivity index (χ4n) is 3.27. The number of H-pyrrole nitrogens is 1. The Morgan fingerprint density at radius 3 is 2.07 bits per heavy atom. The van der Waals surface area contributed by atoms with Crippen molar-refractivity contribution in [1.29, 1.82) is 0 Å². The third kappa shape index (κ3) is 3.05. The van der Waals surface area contributed by atoms with Gasteiger partial charge in [-0.15, -0.1) is 0 Å². The summed E-state index contributed by atoms with van der Waals surface area (Å²) < 4.78 is 0. The number of carbonyl (C=O) groups excluding carboxylic acids is 2. The van der Waals surface area contributed by atoms with Crippen LogP contribution in [-0.4, -0.2) is 16.6 Å². The number of para-hydroxylation sites is 1. The zero-order valence-corrected chi connectivity index (χ0v) is 15.2. The molecule has 28 heavy (non-hydrogen) atoms. The topological polar surface area (TPSA) is 67.0 Å². The number of carbonyl (C=O) groups is 2. The molecular formula is C24H17NO3. The molecule has 0 saturated heterocycles. The number of ketones is 2. The van der Waals surface area contributed by atoms with E-state index in [1.165, 1.54) is 6.92 Å². The highest BCUT2D eigenvalue weighted by atomic mass is 16.1. The van der Waals surface area contributed by atoms with Crippen LogP contribution in [0.15, 0.2) is 83.7 Å². The maximum absolute atomic E-state index is 13.2. The lowest BCUT2D eigenvalue weighted by atomic mass is 9.95. The molecule has 0 amide bonds. The first-order chi connectivity index (χ1) is 13.6. The van der Waals surface area contributed by atoms with Crippen LogP contribution in [0.25, 0.3) is 22.2 Å². The second-order valence-corrected chi connectivity index (χ2v) is 6.58. The van der Waals surface area contributed by atoms with E-state index in [0.29, 0.717) is 33.3 Å². The number of hydrogen-bond acceptors (Lipinski definition) is 3. The second-order valence-electron chi connectivity index (χ2n) is 6.58. The van der Waals surface area contributed by atoms with Crippen molar-refractivity contribution in [2.24, 2.45) is 0 Å². The van der Waals surface area contributed by atoms with Crippen LogP contribution in [0.2, 0.25) is 0 Å². The van der Waals surface area contributed by atoms with Gasteiger partial charge in [-0.2, -0.15) is 0 Å². The average Bonchev–Trinajstić information content (AvgIpc) is 2.74. The molecule has 0 unspecified atom stereocenters. The Hall–Kier alpha value is -3.79. The number of nitrogens with one attached hydrogen (secondary N) is 1. The fourth-order valence-corrected chi connectivity index (χ4v) is 3.27. The normalized spacial score (nSPS) is 10.8. The lowest BCUT2D eigenvalue weighted by molar-refractivity contribution is 0.101. The Bertz CT molecular complexity index is 1250. The largest absolute Gasteiger partial charge is 0.354 e. The fraction of sp³-hybridized carbons (Fsp3) is 0.0417. The summed E-state index contributed by atoms with van der Waals surface area (Å²) in [5.74, 6) is -0.377. The van der Waals surface area contributed by atoms with Crippen molar-refractivity contribution in [2.45, 2.75) is 6.92 Å². The second kappa shape index (κ2) is 7.08. The molecule has 4 aromatic rings. The van der Waals surface area contributed by atoms with Crippen LogP contribution in [0.1, 0.15) is 33.2 Å². The van der Waals surface area contributed by atoms with E-state index in [9.17, 15) is 14.4 Å². The zero-order chi connectivity index (χ0) is 19.7. The van der Waals surface area contributed by atoms with Crippen molar-refractivity contribution < 1.29 is 9.59 Å². The molecule has 1 aromatic heterocycles. The SMILES string of the molecule is CC(=O)c1ccc(-c2[nH]c3ccccc3c(=O)c2C(=O)c2ccccc2)cc1. The van der Waals surface area contributed by atoms with E-state index in [0.717, 1.165) is 0 Å². The molecule has 0 aliphatic rings. The molecule has 0 atom stereocenters. The highest BCUT2D eigenvalue weighted by molar-refractivity contribution is 6.13. The van der Waals surface area contributed by atoms with Gasteiger partial charge < -0.3 is 4.98 Å². The molecule has 1 N–H and O–H groups in total. The number of aromatic nitrogens is 1. The minimum Gasteiger partial charge on any atom is -0.354 e. The summed E-state index contributed by atoms with van der Waals surface area (Å²) >= 11 is 0. The quantitative estimate of drug-likeness (QED) is 0.535. The molecule has 1 heterocycles. The van der Waals surface area contributed by atoms with Gasteiger partial charge >= 0.3 is 0 Å². The van der Waals surface area contributed by atoms with Crippen LogP contribution in [0.3, 0.4) is 0 Å². The van der Waals surface area contributed by atoms with Gasteiger partial charge in [0.05, 0.1) is 11.3 Å². The zero-order valence-electron chi connectivity index (χ0n) is 15.2. The van der Waals surface area contributed by atoms with Gasteiger partial charge in [0, 0.05) is 22.0 Å². The molecule has 0 saturated carbocycles. The molecule has 4 heteroatoms. The molecule has 136 valence electrons. The number of Topliss-reactive ketones (excluding diaryl/α,β-unsaturated/α-hetero) is 1. The molecule has 0 aliphatic heterocycles. The van der Waals surface area contributed by atoms with Crippen molar-refractivity contribution in [2.75, 3.05) is 0 Å². The lowest BCUT2D eigenvalue weighted by Crippen LogP contribution is -2.19. The maximum Gasteiger partial charge on any atom is 0.201 e. The van der Waals surface area contributed by atoms with Crippen molar-refractivity contribution in [1.82, 2.24) is 4.98 Å². The first-order valence-electron chi connectivity index (χ1n) is 8.92. The van der Waals surface area contributed by atoms with E-state index >= 15 is 0 Å². The third-order valence-electron chi connectivity index (χ3n) is 4.75. The van der Waals surface area contributed by atoms with Gasteiger partial charge in [-0.25, -0.2) is 0 Å². The monoisotopic (exact) mass is 367 g/mol. The van der Waals surface area contributed by atoms with Crippen LogP contribution in [0.4, 0.5) is 0 Å². The summed E-state index contributed by atoms with van der Waals surface area (Å²) in [6.07, 6.45) is 0. The van der Waals surface area contributed by atoms with Crippen molar-refractivity contribution in [3.05, 3.63) is 106 Å². The van der Waals surface area contributed by atoms with Crippen molar-refractivity contribution in [3.63, 3.8) is 0 Å². The predicted molar refractivity (Wildman–Crippen MR) is 110 cm³/mol. The van der Waals surface area contributed by atoms with E-state index in [1.54, 1.807) is 66.7 Å². The minimum absolute atomic E-state index is 0.0425. The summed E-state index contributed by atoms with van der Waals surface area (Å²) in [4.78, 5) is 41.2. The average molecular weight is 367 g/mol. The van der Waals surface area contributed by atoms with Crippen LogP contribution < -0.4 is 5.43 Å². The van der Waals surface area contributed by atoms with E-state index in [2.05, 4.69) is 4.98 Å². The standard InChI is InChI=1S/C24H17NO3/c1-15(26)16-11-13-17(14-12-16)22-21(23(27)18-7-3-2-4-8-18)24(28)19-9-5-6-10-20(19)25-22/h2-14H,1H3,(H,25,28). The molecule has 4 nitrogen and oxygen atoms in total. The number of rotatable bonds is 4. The van der Waals surface area contributed by atoms with Gasteiger partial charge in [-0.3, -0.25) is 14.4 Å². The first-order valence-corrected chi connectivity index (χ1v) is 8.92. The third-order valence-corrected chi connectivity index (χ3v) is 4.75. The van der Waals surface area contributed by atoms with Gasteiger partial charge in [0.2, 0.25) is 5.43 Å². The van der Waals surface area contributed by atoms with Gasteiger partial charge in [-0.05, 0) is 24.6 Å². The Morgan fingerprint density at radius 1 is 0.750 bits per heavy atom. The van der Waals surface area contributed by atoms with Crippen LogP contribution in [0.5, 0.6) is 0 Å². The van der Waals surface area contributed by atoms with Crippen LogP contribution >= 0.6 is 0 Å². The highest BCUT2D eigenvalue weighted by Crippen LogP contribution is 2.25. The van der Waals surface area contributed by atoms with E-state index in [4.69, 9.17) is 0 Å². The summed E-state index contributed by atoms with van der Waals surface area (Å²) in [5.41, 5.74) is 2.59. The van der Waals surface area contributed by atoms with Crippen LogP contribution in [0, 0.1) is 0 Å². The number of pyridine rings is 1. The van der Waals surface area contributed by atoms with E-state index in [1.807, 2.05) is 12.1 Å². The molecule has 0 spiro atoms. The number of benzene rings is 3. The molecule has 0 radical (unpaired) electrons. The summed E-state index contributed by atoms with van der Waals surface area (Å²) in [6.45, 7) is 1.50. The minimum atomic E-state index is -0.335. The van der Waals surface area contributed by atoms with Gasteiger partial charge in [0.1, 0.15) is 0 Å². The number of fused-ring (bicyclic) bond motifs is 1. The molecular weight excluding hydrogens is 350 g/mol. The number of aromatic amines is 1. The van der Waals surface area contributed by atoms with Crippen molar-refractivity contribution in [3.8, 4) is 11.3 Å². The Morgan fingerprint density at radius 2 is 1.39 bits per heavy atom. The summed E-state index contributed by atoms with van der Waals surface area (Å²) in [6, 6.07) is 22.8. The highest BCUT2D eigenvalue weighted by Gasteiger charge is 2.21. The van der Waals surface area contributed by atoms with Gasteiger partial charge in [-0.1, -0.05) is 66.7 Å². The Balaban J connectivity index is 2.00. The number of hydrogen-bond donors (Lipinski definition) is 1. The van der Waals surface area contributed by atoms with E-state index in [-0.39, 0.29) is 22.6 Å². The Labute approximate surface area is 161 Å². The van der Waals surface area contributed by atoms with Crippen LogP contribution in [-0.2, 0) is 0 Å². The summed E-state index contributed by atoms with van der Waals surface area (Å²) in [7, 11) is 0. The molecule has 0 aliphatic carbocycles. The molecule has 0 fully saturated rings. The Kier molecular flexibility index (Phi) is 4.45. The van der Waals surface area contributed by atoms with E-state index < -0.39 is 0 Å². The van der Waals surface area contributed by atoms with Gasteiger partial charge in [0.15, 0.2) is 11.6 Å². The first kappa shape index (κ1) is 17.6. The maximum atomic E-state index is 13.2. The molecule has 0 bridgehead atoms. The lowest BCUT2D eigenvalue weighted by Gasteiger charge is -2.12. The predicted octanol–water partition coefficient (Wildman–Crippen LogP) is 4.63. The summed E-state index contributed by atoms with van der Waals surface area (Å²) in [5, 5.41) is 0.464.